The van der Waals surface area contributed by atoms with Gasteiger partial charge in [-0.1, -0.05) is 6.92 Å². The van der Waals surface area contributed by atoms with Crippen LogP contribution in [0, 0.1) is 10.1 Å². The highest BCUT2D eigenvalue weighted by Gasteiger charge is 2.21. The van der Waals surface area contributed by atoms with Crippen molar-refractivity contribution in [3.63, 3.8) is 0 Å². The van der Waals surface area contributed by atoms with E-state index in [-0.39, 0.29) is 22.3 Å². The van der Waals surface area contributed by atoms with Gasteiger partial charge in [0.15, 0.2) is 9.84 Å². The number of nitro groups is 1. The molecule has 0 amide bonds. The first-order valence-electron chi connectivity index (χ1n) is 5.87. The number of ether oxygens (including phenoxy) is 1. The van der Waals surface area contributed by atoms with E-state index < -0.39 is 20.7 Å². The van der Waals surface area contributed by atoms with Gasteiger partial charge in [0.1, 0.15) is 0 Å². The SMILES string of the molecule is COC(=O)CC(C)Sc1ccc(S(C)(=O)=O)cc1[N+](=O)[O-]. The molecule has 0 saturated heterocycles. The van der Waals surface area contributed by atoms with Gasteiger partial charge in [0.2, 0.25) is 0 Å². The van der Waals surface area contributed by atoms with Gasteiger partial charge < -0.3 is 4.74 Å². The first-order chi connectivity index (χ1) is 9.65. The Kier molecular flexibility index (Phi) is 5.73. The van der Waals surface area contributed by atoms with Crippen LogP contribution in [-0.4, -0.2) is 37.9 Å². The molecular weight excluding hydrogens is 318 g/mol. The monoisotopic (exact) mass is 333 g/mol. The molecule has 1 rings (SSSR count). The minimum absolute atomic E-state index is 0.103. The number of nitrogens with zero attached hydrogens (tertiary/aromatic N) is 1. The standard InChI is InChI=1S/C12H15NO6S2/c1-8(6-12(14)19-2)20-11-5-4-9(21(3,17)18)7-10(11)13(15)16/h4-5,7-8H,6H2,1-3H3. The molecule has 1 aromatic carbocycles. The quantitative estimate of drug-likeness (QED) is 0.339. The molecule has 21 heavy (non-hydrogen) atoms. The molecule has 9 heteroatoms. The lowest BCUT2D eigenvalue weighted by Crippen LogP contribution is -2.09. The second-order valence-corrected chi connectivity index (χ2v) is 7.86. The van der Waals surface area contributed by atoms with Gasteiger partial charge in [0.25, 0.3) is 5.69 Å². The number of thioether (sulfide) groups is 1. The highest BCUT2D eigenvalue weighted by molar-refractivity contribution is 8.00. The molecular formula is C12H15NO6S2. The Morgan fingerprint density at radius 3 is 2.57 bits per heavy atom. The minimum Gasteiger partial charge on any atom is -0.469 e. The fraction of sp³-hybridized carbons (Fsp3) is 0.417. The number of methoxy groups -OCH3 is 1. The van der Waals surface area contributed by atoms with Crippen LogP contribution in [0.3, 0.4) is 0 Å². The molecule has 0 aliphatic carbocycles. The van der Waals surface area contributed by atoms with Crippen molar-refractivity contribution in [1.29, 1.82) is 0 Å². The van der Waals surface area contributed by atoms with Gasteiger partial charge in [-0.05, 0) is 12.1 Å². The molecule has 116 valence electrons. The van der Waals surface area contributed by atoms with Crippen LogP contribution in [0.1, 0.15) is 13.3 Å². The van der Waals surface area contributed by atoms with E-state index >= 15 is 0 Å². The second-order valence-electron chi connectivity index (χ2n) is 4.37. The number of carbonyl (C=O) groups is 1. The van der Waals surface area contributed by atoms with Crippen molar-refractivity contribution in [2.24, 2.45) is 0 Å². The average molecular weight is 333 g/mol. The minimum atomic E-state index is -3.51. The van der Waals surface area contributed by atoms with E-state index in [2.05, 4.69) is 4.74 Å². The number of esters is 1. The summed E-state index contributed by atoms with van der Waals surface area (Å²) >= 11 is 1.12. The van der Waals surface area contributed by atoms with Gasteiger partial charge in [-0.2, -0.15) is 0 Å². The number of hydrogen-bond acceptors (Lipinski definition) is 7. The number of rotatable bonds is 6. The molecule has 0 aliphatic heterocycles. The summed E-state index contributed by atoms with van der Waals surface area (Å²) in [7, 11) is -2.25. The number of nitro benzene ring substituents is 1. The first kappa shape index (κ1) is 17.4. The lowest BCUT2D eigenvalue weighted by Gasteiger charge is -2.10. The van der Waals surface area contributed by atoms with E-state index in [0.717, 1.165) is 24.1 Å². The summed E-state index contributed by atoms with van der Waals surface area (Å²) in [5.41, 5.74) is -0.292. The second kappa shape index (κ2) is 6.90. The fourth-order valence-electron chi connectivity index (χ4n) is 1.55. The third-order valence-corrected chi connectivity index (χ3v) is 4.84. The van der Waals surface area contributed by atoms with Crippen molar-refractivity contribution in [2.75, 3.05) is 13.4 Å². The van der Waals surface area contributed by atoms with Crippen LogP contribution in [0.2, 0.25) is 0 Å². The highest BCUT2D eigenvalue weighted by atomic mass is 32.2. The van der Waals surface area contributed by atoms with Crippen molar-refractivity contribution in [3.05, 3.63) is 28.3 Å². The summed E-state index contributed by atoms with van der Waals surface area (Å²) in [5, 5.41) is 10.8. The van der Waals surface area contributed by atoms with Crippen LogP contribution in [0.15, 0.2) is 28.0 Å². The Hall–Kier alpha value is -1.61. The third-order valence-electron chi connectivity index (χ3n) is 2.57. The van der Waals surface area contributed by atoms with Crippen LogP contribution in [0.25, 0.3) is 0 Å². The van der Waals surface area contributed by atoms with Gasteiger partial charge in [-0.15, -0.1) is 11.8 Å². The Morgan fingerprint density at radius 2 is 2.10 bits per heavy atom. The van der Waals surface area contributed by atoms with Gasteiger partial charge >= 0.3 is 5.97 Å². The van der Waals surface area contributed by atoms with E-state index in [4.69, 9.17) is 0 Å². The van der Waals surface area contributed by atoms with Crippen molar-refractivity contribution < 1.29 is 22.9 Å². The molecule has 0 saturated carbocycles. The largest absolute Gasteiger partial charge is 0.469 e. The van der Waals surface area contributed by atoms with Crippen LogP contribution < -0.4 is 0 Å². The van der Waals surface area contributed by atoms with Gasteiger partial charge in [0, 0.05) is 17.6 Å². The molecule has 0 N–H and O–H groups in total. The maximum Gasteiger partial charge on any atom is 0.306 e. The summed E-state index contributed by atoms with van der Waals surface area (Å²) in [6, 6.07) is 3.73. The Labute approximate surface area is 126 Å². The summed E-state index contributed by atoms with van der Waals surface area (Å²) in [6.07, 6.45) is 1.09. The van der Waals surface area contributed by atoms with Crippen molar-refractivity contribution in [2.45, 2.75) is 28.4 Å². The maximum atomic E-state index is 11.4. The van der Waals surface area contributed by atoms with Crippen molar-refractivity contribution in [1.82, 2.24) is 0 Å². The number of benzene rings is 1. The van der Waals surface area contributed by atoms with E-state index in [9.17, 15) is 23.3 Å². The molecule has 0 fully saturated rings. The predicted octanol–water partition coefficient (Wildman–Crippen LogP) is 2.04. The lowest BCUT2D eigenvalue weighted by atomic mass is 10.3. The lowest BCUT2D eigenvalue weighted by molar-refractivity contribution is -0.388. The first-order valence-corrected chi connectivity index (χ1v) is 8.64. The Bertz CT molecular complexity index is 656. The predicted molar refractivity (Wildman–Crippen MR) is 78.2 cm³/mol. The fourth-order valence-corrected chi connectivity index (χ4v) is 3.24. The molecule has 0 bridgehead atoms. The molecule has 1 unspecified atom stereocenters. The van der Waals surface area contributed by atoms with Crippen molar-refractivity contribution in [3.8, 4) is 0 Å². The van der Waals surface area contributed by atoms with Crippen LogP contribution >= 0.6 is 11.8 Å². The van der Waals surface area contributed by atoms with Gasteiger partial charge in [-0.3, -0.25) is 14.9 Å². The highest BCUT2D eigenvalue weighted by Crippen LogP contribution is 2.34. The van der Waals surface area contributed by atoms with E-state index in [1.54, 1.807) is 6.92 Å². The van der Waals surface area contributed by atoms with Crippen LogP contribution in [0.5, 0.6) is 0 Å². The summed E-state index contributed by atoms with van der Waals surface area (Å²) < 4.78 is 27.4. The third kappa shape index (κ3) is 5.01. The maximum absolute atomic E-state index is 11.4. The molecule has 1 atom stereocenters. The smallest absolute Gasteiger partial charge is 0.306 e. The average Bonchev–Trinajstić information content (AvgIpc) is 2.37. The molecule has 0 radical (unpaired) electrons. The number of sulfone groups is 1. The van der Waals surface area contributed by atoms with Crippen molar-refractivity contribution >= 4 is 33.3 Å². The molecule has 7 nitrogen and oxygen atoms in total. The zero-order valence-electron chi connectivity index (χ0n) is 11.7. The van der Waals surface area contributed by atoms with E-state index in [0.29, 0.717) is 4.90 Å². The van der Waals surface area contributed by atoms with Gasteiger partial charge in [0.05, 0.1) is 28.2 Å². The van der Waals surface area contributed by atoms with Gasteiger partial charge in [-0.25, -0.2) is 8.42 Å². The number of hydrogen-bond donors (Lipinski definition) is 0. The molecule has 1 aromatic rings. The van der Waals surface area contributed by atoms with E-state index in [1.165, 1.54) is 19.2 Å². The molecule has 0 heterocycles. The molecule has 0 aromatic heterocycles. The topological polar surface area (TPSA) is 104 Å². The Balaban J connectivity index is 3.08. The van der Waals surface area contributed by atoms with Crippen LogP contribution in [-0.2, 0) is 19.4 Å². The summed E-state index contributed by atoms with van der Waals surface area (Å²) in [5.74, 6) is -0.412. The number of carbonyl (C=O) groups excluding carboxylic acids is 1. The summed E-state index contributed by atoms with van der Waals surface area (Å²) in [6.45, 7) is 1.73. The Morgan fingerprint density at radius 1 is 1.48 bits per heavy atom. The molecule has 0 aliphatic rings. The summed E-state index contributed by atoms with van der Waals surface area (Å²) in [4.78, 5) is 21.8. The molecule has 0 spiro atoms. The normalized spacial score (nSPS) is 12.7. The van der Waals surface area contributed by atoms with E-state index in [1.807, 2.05) is 0 Å². The van der Waals surface area contributed by atoms with Crippen LogP contribution in [0.4, 0.5) is 5.69 Å². The zero-order chi connectivity index (χ0) is 16.2. The zero-order valence-corrected chi connectivity index (χ0v) is 13.4.